The minimum Gasteiger partial charge on any atom is -0.496 e. The van der Waals surface area contributed by atoms with Gasteiger partial charge in [0.05, 0.1) is 12.6 Å². The first kappa shape index (κ1) is 13.6. The second kappa shape index (κ2) is 5.02. The zero-order chi connectivity index (χ0) is 14.0. The molecule has 2 nitrogen and oxygen atoms in total. The van der Waals surface area contributed by atoms with Gasteiger partial charge in [-0.05, 0) is 37.6 Å². The first-order valence-electron chi connectivity index (χ1n) is 6.15. The van der Waals surface area contributed by atoms with E-state index in [1.165, 1.54) is 12.1 Å². The van der Waals surface area contributed by atoms with Gasteiger partial charge in [-0.3, -0.25) is 0 Å². The molecule has 0 saturated carbocycles. The van der Waals surface area contributed by atoms with Gasteiger partial charge in [-0.25, -0.2) is 4.39 Å². The second-order valence-electron chi connectivity index (χ2n) is 4.91. The summed E-state index contributed by atoms with van der Waals surface area (Å²) >= 11 is 0. The number of benzene rings is 2. The van der Waals surface area contributed by atoms with Crippen LogP contribution in [0.1, 0.15) is 23.6 Å². The topological polar surface area (TPSA) is 35.2 Å². The van der Waals surface area contributed by atoms with Gasteiger partial charge < -0.3 is 10.5 Å². The fourth-order valence-corrected chi connectivity index (χ4v) is 2.18. The van der Waals surface area contributed by atoms with Crippen LogP contribution in [0.3, 0.4) is 0 Å². The molecule has 19 heavy (non-hydrogen) atoms. The monoisotopic (exact) mass is 259 g/mol. The van der Waals surface area contributed by atoms with Crippen LogP contribution in [-0.4, -0.2) is 7.11 Å². The Morgan fingerprint density at radius 1 is 1.11 bits per heavy atom. The Bertz CT molecular complexity index is 576. The highest BCUT2D eigenvalue weighted by Crippen LogP contribution is 2.34. The number of ether oxygens (including phenoxy) is 1. The van der Waals surface area contributed by atoms with E-state index in [0.717, 1.165) is 22.4 Å². The third-order valence-corrected chi connectivity index (χ3v) is 3.36. The highest BCUT2D eigenvalue weighted by atomic mass is 19.1. The maximum absolute atomic E-state index is 13.0. The summed E-state index contributed by atoms with van der Waals surface area (Å²) < 4.78 is 18.4. The smallest absolute Gasteiger partial charge is 0.124 e. The summed E-state index contributed by atoms with van der Waals surface area (Å²) in [6, 6.07) is 12.1. The Kier molecular flexibility index (Phi) is 3.58. The van der Waals surface area contributed by atoms with Crippen LogP contribution in [-0.2, 0) is 5.54 Å². The Hall–Kier alpha value is -1.87. The van der Waals surface area contributed by atoms with E-state index in [2.05, 4.69) is 0 Å². The van der Waals surface area contributed by atoms with E-state index >= 15 is 0 Å². The van der Waals surface area contributed by atoms with Crippen LogP contribution >= 0.6 is 0 Å². The zero-order valence-corrected chi connectivity index (χ0v) is 11.4. The second-order valence-corrected chi connectivity index (χ2v) is 4.91. The van der Waals surface area contributed by atoms with Crippen molar-refractivity contribution in [2.75, 3.05) is 7.11 Å². The first-order valence-corrected chi connectivity index (χ1v) is 6.15. The molecule has 0 saturated heterocycles. The molecule has 1 unspecified atom stereocenters. The fraction of sp³-hybridized carbons (Fsp3) is 0.250. The van der Waals surface area contributed by atoms with E-state index in [1.54, 1.807) is 19.2 Å². The molecule has 0 fully saturated rings. The molecule has 2 aromatic carbocycles. The lowest BCUT2D eigenvalue weighted by atomic mass is 9.84. The average molecular weight is 259 g/mol. The van der Waals surface area contributed by atoms with E-state index < -0.39 is 5.54 Å². The number of nitrogens with two attached hydrogens (primary N) is 1. The fourth-order valence-electron chi connectivity index (χ4n) is 2.18. The quantitative estimate of drug-likeness (QED) is 0.917. The molecule has 0 radical (unpaired) electrons. The summed E-state index contributed by atoms with van der Waals surface area (Å²) in [4.78, 5) is 0. The van der Waals surface area contributed by atoms with Gasteiger partial charge in [0.15, 0.2) is 0 Å². The minimum atomic E-state index is -0.731. The van der Waals surface area contributed by atoms with Gasteiger partial charge in [0.1, 0.15) is 11.6 Å². The van der Waals surface area contributed by atoms with Crippen LogP contribution in [0.25, 0.3) is 0 Å². The summed E-state index contributed by atoms with van der Waals surface area (Å²) in [6.45, 7) is 3.90. The lowest BCUT2D eigenvalue weighted by Gasteiger charge is -2.28. The molecule has 0 heterocycles. The molecule has 0 bridgehead atoms. The van der Waals surface area contributed by atoms with E-state index in [9.17, 15) is 4.39 Å². The number of aryl methyl sites for hydroxylation is 1. The van der Waals surface area contributed by atoms with Crippen molar-refractivity contribution in [2.45, 2.75) is 19.4 Å². The third kappa shape index (κ3) is 2.61. The van der Waals surface area contributed by atoms with E-state index in [0.29, 0.717) is 0 Å². The molecule has 2 aromatic rings. The van der Waals surface area contributed by atoms with Crippen LogP contribution < -0.4 is 10.5 Å². The van der Waals surface area contributed by atoms with Gasteiger partial charge in [0.25, 0.3) is 0 Å². The van der Waals surface area contributed by atoms with Gasteiger partial charge in [-0.1, -0.05) is 29.8 Å². The summed E-state index contributed by atoms with van der Waals surface area (Å²) in [7, 11) is 1.62. The first-order chi connectivity index (χ1) is 8.95. The highest BCUT2D eigenvalue weighted by Gasteiger charge is 2.27. The molecular weight excluding hydrogens is 241 g/mol. The SMILES string of the molecule is COc1ccc(C)cc1C(C)(N)c1ccc(F)cc1. The van der Waals surface area contributed by atoms with Crippen LogP contribution in [0, 0.1) is 12.7 Å². The normalized spacial score (nSPS) is 13.9. The Morgan fingerprint density at radius 3 is 2.32 bits per heavy atom. The predicted octanol–water partition coefficient (Wildman–Crippen LogP) is 3.36. The minimum absolute atomic E-state index is 0.268. The molecule has 3 heteroatoms. The lowest BCUT2D eigenvalue weighted by molar-refractivity contribution is 0.398. The Morgan fingerprint density at radius 2 is 1.74 bits per heavy atom. The summed E-state index contributed by atoms with van der Waals surface area (Å²) in [5.41, 5.74) is 8.56. The van der Waals surface area contributed by atoms with Gasteiger partial charge in [0, 0.05) is 5.56 Å². The van der Waals surface area contributed by atoms with Gasteiger partial charge in [-0.15, -0.1) is 0 Å². The molecule has 0 aliphatic carbocycles. The van der Waals surface area contributed by atoms with Crippen molar-refractivity contribution in [3.8, 4) is 5.75 Å². The number of methoxy groups -OCH3 is 1. The number of halogens is 1. The van der Waals surface area contributed by atoms with Crippen molar-refractivity contribution >= 4 is 0 Å². The molecule has 0 aliphatic rings. The lowest BCUT2D eigenvalue weighted by Crippen LogP contribution is -2.34. The van der Waals surface area contributed by atoms with Crippen LogP contribution in [0.15, 0.2) is 42.5 Å². The maximum Gasteiger partial charge on any atom is 0.124 e. The average Bonchev–Trinajstić information content (AvgIpc) is 2.39. The molecule has 1 atom stereocenters. The van der Waals surface area contributed by atoms with Crippen molar-refractivity contribution in [3.05, 3.63) is 65.0 Å². The Labute approximate surface area is 113 Å². The van der Waals surface area contributed by atoms with Crippen molar-refractivity contribution in [1.82, 2.24) is 0 Å². The van der Waals surface area contributed by atoms with Gasteiger partial charge >= 0.3 is 0 Å². The number of rotatable bonds is 3. The van der Waals surface area contributed by atoms with Crippen LogP contribution in [0.5, 0.6) is 5.75 Å². The maximum atomic E-state index is 13.0. The summed E-state index contributed by atoms with van der Waals surface area (Å²) in [6.07, 6.45) is 0. The zero-order valence-electron chi connectivity index (χ0n) is 11.4. The summed E-state index contributed by atoms with van der Waals surface area (Å²) in [5, 5.41) is 0. The third-order valence-electron chi connectivity index (χ3n) is 3.36. The molecule has 0 aliphatic heterocycles. The largest absolute Gasteiger partial charge is 0.496 e. The van der Waals surface area contributed by atoms with Crippen molar-refractivity contribution in [3.63, 3.8) is 0 Å². The van der Waals surface area contributed by atoms with Crippen molar-refractivity contribution in [1.29, 1.82) is 0 Å². The molecule has 0 spiro atoms. The molecule has 2 rings (SSSR count). The predicted molar refractivity (Wildman–Crippen MR) is 74.8 cm³/mol. The molecule has 0 aromatic heterocycles. The standard InChI is InChI=1S/C16H18FNO/c1-11-4-9-15(19-3)14(10-11)16(2,18)12-5-7-13(17)8-6-12/h4-10H,18H2,1-3H3. The van der Waals surface area contributed by atoms with Crippen molar-refractivity contribution < 1.29 is 9.13 Å². The van der Waals surface area contributed by atoms with E-state index in [1.807, 2.05) is 32.0 Å². The molecule has 0 amide bonds. The Balaban J connectivity index is 2.55. The highest BCUT2D eigenvalue weighted by molar-refractivity contribution is 5.47. The molecule has 100 valence electrons. The number of hydrogen-bond acceptors (Lipinski definition) is 2. The van der Waals surface area contributed by atoms with Crippen LogP contribution in [0.2, 0.25) is 0 Å². The van der Waals surface area contributed by atoms with Crippen LogP contribution in [0.4, 0.5) is 4.39 Å². The van der Waals surface area contributed by atoms with Crippen molar-refractivity contribution in [2.24, 2.45) is 5.73 Å². The summed E-state index contributed by atoms with van der Waals surface area (Å²) in [5.74, 6) is 0.468. The van der Waals surface area contributed by atoms with Gasteiger partial charge in [0.2, 0.25) is 0 Å². The number of hydrogen-bond donors (Lipinski definition) is 1. The van der Waals surface area contributed by atoms with Gasteiger partial charge in [-0.2, -0.15) is 0 Å². The van der Waals surface area contributed by atoms with E-state index in [4.69, 9.17) is 10.5 Å². The van der Waals surface area contributed by atoms with E-state index in [-0.39, 0.29) is 5.82 Å². The molecular formula is C16H18FNO. The molecule has 2 N–H and O–H groups in total.